The molecule has 3 rings (SSSR count). The zero-order chi connectivity index (χ0) is 21.0. The standard InChI is InChI=1S/C21H19Cl2NO3S2/c1-3-4-9-27-17-8-5-13(10-18(17)26-2)11-19-20(25)24(21(28)29-19)14-6-7-15(22)16(23)12-14/h5-8,10-12H,3-4,9H2,1-2H3/b19-11+. The summed E-state index contributed by atoms with van der Waals surface area (Å²) < 4.78 is 11.6. The van der Waals surface area contributed by atoms with Gasteiger partial charge in [-0.1, -0.05) is 66.6 Å². The number of carbonyl (C=O) groups excluding carboxylic acids is 1. The maximum absolute atomic E-state index is 12.9. The number of hydrogen-bond acceptors (Lipinski definition) is 5. The van der Waals surface area contributed by atoms with E-state index in [1.807, 2.05) is 18.2 Å². The summed E-state index contributed by atoms with van der Waals surface area (Å²) in [6.07, 6.45) is 3.82. The van der Waals surface area contributed by atoms with Crippen molar-refractivity contribution in [3.8, 4) is 11.5 Å². The van der Waals surface area contributed by atoms with Gasteiger partial charge in [0.05, 0.1) is 34.4 Å². The van der Waals surface area contributed by atoms with Crippen LogP contribution in [0.1, 0.15) is 25.3 Å². The zero-order valence-corrected chi connectivity index (χ0v) is 19.1. The van der Waals surface area contributed by atoms with E-state index in [1.54, 1.807) is 31.4 Å². The molecule has 4 nitrogen and oxygen atoms in total. The molecule has 29 heavy (non-hydrogen) atoms. The van der Waals surface area contributed by atoms with E-state index in [9.17, 15) is 4.79 Å². The summed E-state index contributed by atoms with van der Waals surface area (Å²) in [5.41, 5.74) is 1.40. The average Bonchev–Trinajstić information content (AvgIpc) is 2.98. The number of halogens is 2. The Morgan fingerprint density at radius 1 is 1.14 bits per heavy atom. The van der Waals surface area contributed by atoms with Crippen molar-refractivity contribution in [1.82, 2.24) is 0 Å². The third-order valence-electron chi connectivity index (χ3n) is 4.20. The van der Waals surface area contributed by atoms with Gasteiger partial charge in [-0.15, -0.1) is 0 Å². The lowest BCUT2D eigenvalue weighted by atomic mass is 10.1. The first-order valence-corrected chi connectivity index (χ1v) is 11.0. The molecule has 1 saturated heterocycles. The third-order valence-corrected chi connectivity index (χ3v) is 6.24. The molecular formula is C21H19Cl2NO3S2. The molecule has 1 amide bonds. The van der Waals surface area contributed by atoms with E-state index in [2.05, 4.69) is 6.92 Å². The van der Waals surface area contributed by atoms with Gasteiger partial charge in [0.1, 0.15) is 0 Å². The maximum Gasteiger partial charge on any atom is 0.270 e. The molecule has 0 spiro atoms. The van der Waals surface area contributed by atoms with Crippen LogP contribution in [0.3, 0.4) is 0 Å². The fraction of sp³-hybridized carbons (Fsp3) is 0.238. The summed E-state index contributed by atoms with van der Waals surface area (Å²) in [5, 5.41) is 0.787. The lowest BCUT2D eigenvalue weighted by molar-refractivity contribution is -0.113. The molecule has 1 aliphatic heterocycles. The third kappa shape index (κ3) is 5.07. The number of thioether (sulfide) groups is 1. The molecule has 0 aliphatic carbocycles. The summed E-state index contributed by atoms with van der Waals surface area (Å²) in [4.78, 5) is 14.9. The maximum atomic E-state index is 12.9. The number of nitrogens with zero attached hydrogens (tertiary/aromatic N) is 1. The number of hydrogen-bond donors (Lipinski definition) is 0. The Hall–Kier alpha value is -1.73. The van der Waals surface area contributed by atoms with Gasteiger partial charge in [0, 0.05) is 0 Å². The summed E-state index contributed by atoms with van der Waals surface area (Å²) in [6.45, 7) is 2.74. The van der Waals surface area contributed by atoms with Crippen molar-refractivity contribution in [3.05, 3.63) is 56.9 Å². The van der Waals surface area contributed by atoms with E-state index in [4.69, 9.17) is 44.9 Å². The number of rotatable bonds is 7. The van der Waals surface area contributed by atoms with Crippen LogP contribution >= 0.6 is 47.2 Å². The van der Waals surface area contributed by atoms with E-state index in [-0.39, 0.29) is 5.91 Å². The highest BCUT2D eigenvalue weighted by Crippen LogP contribution is 2.38. The molecule has 0 atom stereocenters. The van der Waals surface area contributed by atoms with Gasteiger partial charge in [-0.2, -0.15) is 0 Å². The molecule has 1 heterocycles. The minimum atomic E-state index is -0.208. The van der Waals surface area contributed by atoms with Crippen molar-refractivity contribution >= 4 is 69.2 Å². The van der Waals surface area contributed by atoms with Crippen LogP contribution in [0.5, 0.6) is 11.5 Å². The SMILES string of the molecule is CCCCOc1ccc(/C=C2/SC(=S)N(c3ccc(Cl)c(Cl)c3)C2=O)cc1OC. The average molecular weight is 468 g/mol. The van der Waals surface area contributed by atoms with Gasteiger partial charge in [0.2, 0.25) is 0 Å². The van der Waals surface area contributed by atoms with Crippen LogP contribution in [0.4, 0.5) is 5.69 Å². The molecule has 2 aromatic carbocycles. The Labute approximate surface area is 189 Å². The van der Waals surface area contributed by atoms with Gasteiger partial charge >= 0.3 is 0 Å². The van der Waals surface area contributed by atoms with Crippen LogP contribution in [-0.2, 0) is 4.79 Å². The molecule has 0 N–H and O–H groups in total. The van der Waals surface area contributed by atoms with E-state index in [0.29, 0.717) is 43.1 Å². The van der Waals surface area contributed by atoms with Gasteiger partial charge in [0.25, 0.3) is 5.91 Å². The van der Waals surface area contributed by atoms with Crippen LogP contribution < -0.4 is 14.4 Å². The van der Waals surface area contributed by atoms with Crippen molar-refractivity contribution in [2.24, 2.45) is 0 Å². The number of ether oxygens (including phenoxy) is 2. The largest absolute Gasteiger partial charge is 0.493 e. The van der Waals surface area contributed by atoms with Crippen LogP contribution in [0, 0.1) is 0 Å². The van der Waals surface area contributed by atoms with E-state index < -0.39 is 0 Å². The predicted octanol–water partition coefficient (Wildman–Crippen LogP) is 6.59. The highest BCUT2D eigenvalue weighted by atomic mass is 35.5. The summed E-state index contributed by atoms with van der Waals surface area (Å²) in [5.74, 6) is 1.09. The number of anilines is 1. The van der Waals surface area contributed by atoms with Gasteiger partial charge in [-0.25, -0.2) is 0 Å². The van der Waals surface area contributed by atoms with E-state index in [1.165, 1.54) is 16.7 Å². The number of thiocarbonyl (C=S) groups is 1. The monoisotopic (exact) mass is 467 g/mol. The van der Waals surface area contributed by atoms with Gasteiger partial charge in [-0.3, -0.25) is 9.69 Å². The van der Waals surface area contributed by atoms with Crippen molar-refractivity contribution in [2.75, 3.05) is 18.6 Å². The topological polar surface area (TPSA) is 38.8 Å². The number of methoxy groups -OCH3 is 1. The molecule has 1 aliphatic rings. The lowest BCUT2D eigenvalue weighted by Crippen LogP contribution is -2.27. The number of benzene rings is 2. The number of carbonyl (C=O) groups is 1. The van der Waals surface area contributed by atoms with Gasteiger partial charge in [0.15, 0.2) is 15.8 Å². The highest BCUT2D eigenvalue weighted by Gasteiger charge is 2.33. The first-order valence-electron chi connectivity index (χ1n) is 8.98. The second kappa shape index (κ2) is 9.85. The Morgan fingerprint density at radius 2 is 1.93 bits per heavy atom. The van der Waals surface area contributed by atoms with E-state index >= 15 is 0 Å². The summed E-state index contributed by atoms with van der Waals surface area (Å²) in [6, 6.07) is 10.6. The lowest BCUT2D eigenvalue weighted by Gasteiger charge is -2.15. The second-order valence-electron chi connectivity index (χ2n) is 6.23. The number of amides is 1. The van der Waals surface area contributed by atoms with Gasteiger partial charge < -0.3 is 9.47 Å². The molecular weight excluding hydrogens is 449 g/mol. The minimum Gasteiger partial charge on any atom is -0.493 e. The summed E-state index contributed by atoms with van der Waals surface area (Å²) in [7, 11) is 1.59. The van der Waals surface area contributed by atoms with Crippen LogP contribution in [-0.4, -0.2) is 23.9 Å². The predicted molar refractivity (Wildman–Crippen MR) is 126 cm³/mol. The fourth-order valence-corrected chi connectivity index (χ4v) is 4.28. The summed E-state index contributed by atoms with van der Waals surface area (Å²) >= 11 is 18.7. The molecule has 8 heteroatoms. The van der Waals surface area contributed by atoms with Crippen LogP contribution in [0.25, 0.3) is 6.08 Å². The fourth-order valence-electron chi connectivity index (χ4n) is 2.69. The molecule has 0 saturated carbocycles. The Balaban J connectivity index is 1.84. The molecule has 0 unspecified atom stereocenters. The zero-order valence-electron chi connectivity index (χ0n) is 15.9. The van der Waals surface area contributed by atoms with Crippen molar-refractivity contribution in [3.63, 3.8) is 0 Å². The van der Waals surface area contributed by atoms with Crippen molar-refractivity contribution in [2.45, 2.75) is 19.8 Å². The van der Waals surface area contributed by atoms with Crippen LogP contribution in [0.2, 0.25) is 10.0 Å². The van der Waals surface area contributed by atoms with Crippen LogP contribution in [0.15, 0.2) is 41.3 Å². The smallest absolute Gasteiger partial charge is 0.270 e. The first kappa shape index (κ1) is 22.0. The van der Waals surface area contributed by atoms with Crippen molar-refractivity contribution < 1.29 is 14.3 Å². The normalized spacial score (nSPS) is 15.3. The Kier molecular flexibility index (Phi) is 7.46. The van der Waals surface area contributed by atoms with E-state index in [0.717, 1.165) is 18.4 Å². The molecule has 2 aromatic rings. The molecule has 1 fully saturated rings. The molecule has 0 aromatic heterocycles. The second-order valence-corrected chi connectivity index (χ2v) is 8.72. The quantitative estimate of drug-likeness (QED) is 0.261. The Bertz CT molecular complexity index is 978. The van der Waals surface area contributed by atoms with Crippen molar-refractivity contribution in [1.29, 1.82) is 0 Å². The molecule has 0 bridgehead atoms. The van der Waals surface area contributed by atoms with Gasteiger partial charge in [-0.05, 0) is 48.4 Å². The Morgan fingerprint density at radius 3 is 2.62 bits per heavy atom. The number of unbranched alkanes of at least 4 members (excludes halogenated alkanes) is 1. The molecule has 0 radical (unpaired) electrons. The minimum absolute atomic E-state index is 0.208. The highest BCUT2D eigenvalue weighted by molar-refractivity contribution is 8.27. The molecule has 152 valence electrons. The first-order chi connectivity index (χ1) is 13.9.